The van der Waals surface area contributed by atoms with Gasteiger partial charge in [0.25, 0.3) is 0 Å². The van der Waals surface area contributed by atoms with Crippen LogP contribution in [0, 0.1) is 12.8 Å². The van der Waals surface area contributed by atoms with E-state index in [0.717, 1.165) is 37.3 Å². The lowest BCUT2D eigenvalue weighted by molar-refractivity contribution is 0.362. The van der Waals surface area contributed by atoms with Crippen LogP contribution in [0.2, 0.25) is 0 Å². The summed E-state index contributed by atoms with van der Waals surface area (Å²) in [6.07, 6.45) is 2.92. The van der Waals surface area contributed by atoms with E-state index in [2.05, 4.69) is 34.7 Å². The standard InChI is InChI=1S/C13H19N3OS/c1-9(5-6-14)3-4-12-15-13(16-17-12)11-8-18-7-10(11)2/h7-9H,3-6,14H2,1-2H3. The molecular weight excluding hydrogens is 246 g/mol. The van der Waals surface area contributed by atoms with Crippen LogP contribution in [0.25, 0.3) is 11.4 Å². The fourth-order valence-electron chi connectivity index (χ4n) is 1.85. The highest BCUT2D eigenvalue weighted by Gasteiger charge is 2.12. The highest BCUT2D eigenvalue weighted by molar-refractivity contribution is 7.08. The zero-order chi connectivity index (χ0) is 13.0. The van der Waals surface area contributed by atoms with Crippen LogP contribution < -0.4 is 5.73 Å². The van der Waals surface area contributed by atoms with Crippen molar-refractivity contribution >= 4 is 11.3 Å². The molecule has 2 heterocycles. The SMILES string of the molecule is Cc1cscc1-c1noc(CCC(C)CCN)n1. The van der Waals surface area contributed by atoms with E-state index >= 15 is 0 Å². The van der Waals surface area contributed by atoms with Gasteiger partial charge in [-0.05, 0) is 43.2 Å². The van der Waals surface area contributed by atoms with Crippen molar-refractivity contribution in [3.8, 4) is 11.4 Å². The summed E-state index contributed by atoms with van der Waals surface area (Å²) < 4.78 is 5.28. The van der Waals surface area contributed by atoms with Crippen molar-refractivity contribution in [2.75, 3.05) is 6.54 Å². The summed E-state index contributed by atoms with van der Waals surface area (Å²) >= 11 is 1.66. The molecule has 0 aliphatic rings. The Bertz CT molecular complexity index is 492. The molecule has 0 aliphatic heterocycles. The molecule has 0 radical (unpaired) electrons. The Balaban J connectivity index is 1.97. The Kier molecular flexibility index (Phi) is 4.49. The first-order chi connectivity index (χ1) is 8.70. The van der Waals surface area contributed by atoms with Crippen LogP contribution in [0.1, 0.15) is 31.2 Å². The maximum Gasteiger partial charge on any atom is 0.226 e. The second-order valence-electron chi connectivity index (χ2n) is 4.70. The molecule has 0 bridgehead atoms. The second kappa shape index (κ2) is 6.11. The quantitative estimate of drug-likeness (QED) is 0.872. The fourth-order valence-corrected chi connectivity index (χ4v) is 2.68. The number of hydrogen-bond acceptors (Lipinski definition) is 5. The molecule has 0 saturated heterocycles. The number of thiophene rings is 1. The average Bonchev–Trinajstić information content (AvgIpc) is 2.95. The third-order valence-corrected chi connectivity index (χ3v) is 3.94. The Morgan fingerprint density at radius 3 is 2.89 bits per heavy atom. The van der Waals surface area contributed by atoms with Gasteiger partial charge in [0.15, 0.2) is 0 Å². The van der Waals surface area contributed by atoms with Gasteiger partial charge < -0.3 is 10.3 Å². The summed E-state index contributed by atoms with van der Waals surface area (Å²) in [5, 5.41) is 8.19. The minimum absolute atomic E-state index is 0.605. The smallest absolute Gasteiger partial charge is 0.226 e. The molecular formula is C13H19N3OS. The Labute approximate surface area is 111 Å². The maximum absolute atomic E-state index is 5.53. The molecule has 0 spiro atoms. The molecule has 0 aromatic carbocycles. The van der Waals surface area contributed by atoms with Crippen LogP contribution in [-0.2, 0) is 6.42 Å². The van der Waals surface area contributed by atoms with Crippen molar-refractivity contribution in [2.45, 2.75) is 33.1 Å². The minimum atomic E-state index is 0.605. The molecule has 5 heteroatoms. The molecule has 2 rings (SSSR count). The lowest BCUT2D eigenvalue weighted by Gasteiger charge is -2.06. The van der Waals surface area contributed by atoms with Crippen LogP contribution in [-0.4, -0.2) is 16.7 Å². The van der Waals surface area contributed by atoms with E-state index in [1.165, 1.54) is 5.56 Å². The van der Waals surface area contributed by atoms with E-state index < -0.39 is 0 Å². The first-order valence-corrected chi connectivity index (χ1v) is 7.20. The lowest BCUT2D eigenvalue weighted by atomic mass is 10.0. The monoisotopic (exact) mass is 265 g/mol. The predicted molar refractivity (Wildman–Crippen MR) is 73.5 cm³/mol. The van der Waals surface area contributed by atoms with Crippen LogP contribution >= 0.6 is 11.3 Å². The summed E-state index contributed by atoms with van der Waals surface area (Å²) in [5.41, 5.74) is 7.81. The number of hydrogen-bond donors (Lipinski definition) is 1. The summed E-state index contributed by atoms with van der Waals surface area (Å²) in [4.78, 5) is 4.44. The van der Waals surface area contributed by atoms with E-state index in [1.807, 2.05) is 0 Å². The first-order valence-electron chi connectivity index (χ1n) is 6.26. The van der Waals surface area contributed by atoms with Crippen LogP contribution in [0.15, 0.2) is 15.3 Å². The van der Waals surface area contributed by atoms with E-state index in [-0.39, 0.29) is 0 Å². The first kappa shape index (κ1) is 13.2. The third kappa shape index (κ3) is 3.17. The molecule has 2 aromatic rings. The van der Waals surface area contributed by atoms with Crippen molar-refractivity contribution in [1.82, 2.24) is 10.1 Å². The van der Waals surface area contributed by atoms with E-state index in [4.69, 9.17) is 10.3 Å². The fraction of sp³-hybridized carbons (Fsp3) is 0.538. The number of nitrogens with two attached hydrogens (primary N) is 1. The molecule has 2 N–H and O–H groups in total. The molecule has 98 valence electrons. The zero-order valence-electron chi connectivity index (χ0n) is 10.8. The number of aromatic nitrogens is 2. The van der Waals surface area contributed by atoms with E-state index in [9.17, 15) is 0 Å². The van der Waals surface area contributed by atoms with Gasteiger partial charge in [-0.15, -0.1) is 0 Å². The van der Waals surface area contributed by atoms with Gasteiger partial charge in [-0.3, -0.25) is 0 Å². The number of nitrogens with zero attached hydrogens (tertiary/aromatic N) is 2. The zero-order valence-corrected chi connectivity index (χ0v) is 11.7. The van der Waals surface area contributed by atoms with Crippen molar-refractivity contribution in [3.05, 3.63) is 22.2 Å². The van der Waals surface area contributed by atoms with Crippen LogP contribution in [0.5, 0.6) is 0 Å². The Hall–Kier alpha value is -1.20. The molecule has 0 aliphatic carbocycles. The summed E-state index contributed by atoms with van der Waals surface area (Å²) in [5.74, 6) is 2.03. The molecule has 0 amide bonds. The molecule has 1 unspecified atom stereocenters. The van der Waals surface area contributed by atoms with E-state index in [0.29, 0.717) is 11.7 Å². The van der Waals surface area contributed by atoms with Crippen LogP contribution in [0.4, 0.5) is 0 Å². The predicted octanol–water partition coefficient (Wildman–Crippen LogP) is 3.02. The normalized spacial score (nSPS) is 12.8. The average molecular weight is 265 g/mol. The number of rotatable bonds is 6. The van der Waals surface area contributed by atoms with Gasteiger partial charge in [-0.2, -0.15) is 16.3 Å². The van der Waals surface area contributed by atoms with Crippen molar-refractivity contribution in [1.29, 1.82) is 0 Å². The van der Waals surface area contributed by atoms with Crippen molar-refractivity contribution < 1.29 is 4.52 Å². The molecule has 18 heavy (non-hydrogen) atoms. The molecule has 1 atom stereocenters. The van der Waals surface area contributed by atoms with Crippen molar-refractivity contribution in [3.63, 3.8) is 0 Å². The van der Waals surface area contributed by atoms with Gasteiger partial charge in [0, 0.05) is 17.4 Å². The van der Waals surface area contributed by atoms with Gasteiger partial charge in [0.05, 0.1) is 0 Å². The third-order valence-electron chi connectivity index (χ3n) is 3.08. The van der Waals surface area contributed by atoms with Gasteiger partial charge in [-0.1, -0.05) is 12.1 Å². The van der Waals surface area contributed by atoms with Gasteiger partial charge in [0.2, 0.25) is 11.7 Å². The topological polar surface area (TPSA) is 64.9 Å². The molecule has 0 saturated carbocycles. The van der Waals surface area contributed by atoms with Crippen LogP contribution in [0.3, 0.4) is 0 Å². The van der Waals surface area contributed by atoms with Crippen molar-refractivity contribution in [2.24, 2.45) is 11.7 Å². The maximum atomic E-state index is 5.53. The van der Waals surface area contributed by atoms with Gasteiger partial charge in [0.1, 0.15) is 0 Å². The van der Waals surface area contributed by atoms with E-state index in [1.54, 1.807) is 11.3 Å². The van der Waals surface area contributed by atoms with Gasteiger partial charge in [-0.25, -0.2) is 0 Å². The highest BCUT2D eigenvalue weighted by Crippen LogP contribution is 2.24. The Morgan fingerprint density at radius 2 is 2.22 bits per heavy atom. The lowest BCUT2D eigenvalue weighted by Crippen LogP contribution is -2.06. The largest absolute Gasteiger partial charge is 0.339 e. The molecule has 0 fully saturated rings. The summed E-state index contributed by atoms with van der Waals surface area (Å²) in [6, 6.07) is 0. The minimum Gasteiger partial charge on any atom is -0.339 e. The number of aryl methyl sites for hydroxylation is 2. The second-order valence-corrected chi connectivity index (χ2v) is 5.44. The summed E-state index contributed by atoms with van der Waals surface area (Å²) in [6.45, 7) is 5.00. The molecule has 2 aromatic heterocycles. The van der Waals surface area contributed by atoms with Gasteiger partial charge >= 0.3 is 0 Å². The highest BCUT2D eigenvalue weighted by atomic mass is 32.1. The molecule has 4 nitrogen and oxygen atoms in total. The Morgan fingerprint density at radius 1 is 1.39 bits per heavy atom. The summed E-state index contributed by atoms with van der Waals surface area (Å²) in [7, 11) is 0.